The van der Waals surface area contributed by atoms with Crippen molar-refractivity contribution in [1.82, 2.24) is 24.1 Å². The lowest BCUT2D eigenvalue weighted by molar-refractivity contribution is 0.667. The van der Waals surface area contributed by atoms with Crippen LogP contribution in [0, 0.1) is 0 Å². The van der Waals surface area contributed by atoms with E-state index in [1.807, 2.05) is 60.7 Å². The Morgan fingerprint density at radius 2 is 0.852 bits per heavy atom. The largest absolute Gasteiger partial charge is 0.453 e. The van der Waals surface area contributed by atoms with Crippen molar-refractivity contribution in [2.24, 2.45) is 0 Å². The van der Waals surface area contributed by atoms with E-state index in [2.05, 4.69) is 149 Å². The van der Waals surface area contributed by atoms with Crippen LogP contribution >= 0.6 is 0 Å². The molecule has 0 bridgehead atoms. The molecule has 61 heavy (non-hydrogen) atoms. The molecule has 9 aromatic carbocycles. The smallest absolute Gasteiger partial charge is 0.167 e. The fraction of sp³-hybridized carbons (Fsp3) is 0. The molecule has 0 fully saturated rings. The Labute approximate surface area is 349 Å². The summed E-state index contributed by atoms with van der Waals surface area (Å²) in [4.78, 5) is 15.3. The first kappa shape index (κ1) is 33.6. The maximum absolute atomic E-state index is 7.28. The summed E-state index contributed by atoms with van der Waals surface area (Å²) in [5.41, 5.74) is 10.8. The van der Waals surface area contributed by atoms with Gasteiger partial charge in [-0.25, -0.2) is 15.0 Å². The maximum atomic E-state index is 7.28. The van der Waals surface area contributed by atoms with E-state index < -0.39 is 0 Å². The minimum absolute atomic E-state index is 0.554. The molecule has 4 heterocycles. The molecule has 0 unspecified atom stereocenters. The number of aromatic nitrogens is 5. The second-order valence-electron chi connectivity index (χ2n) is 15.6. The van der Waals surface area contributed by atoms with E-state index in [1.54, 1.807) is 0 Å². The highest BCUT2D eigenvalue weighted by Crippen LogP contribution is 2.45. The maximum Gasteiger partial charge on any atom is 0.167 e. The van der Waals surface area contributed by atoms with Crippen LogP contribution in [0.2, 0.25) is 0 Å². The highest BCUT2D eigenvalue weighted by Gasteiger charge is 2.24. The Bertz CT molecular complexity index is 3810. The molecule has 0 aliphatic heterocycles. The van der Waals surface area contributed by atoms with Gasteiger partial charge in [0.1, 0.15) is 5.58 Å². The zero-order valence-corrected chi connectivity index (χ0v) is 32.7. The summed E-state index contributed by atoms with van der Waals surface area (Å²) < 4.78 is 12.1. The molecule has 0 saturated carbocycles. The molecule has 0 aliphatic carbocycles. The fourth-order valence-corrected chi connectivity index (χ4v) is 9.45. The van der Waals surface area contributed by atoms with Crippen molar-refractivity contribution in [3.8, 4) is 45.5 Å². The van der Waals surface area contributed by atoms with Crippen molar-refractivity contribution >= 4 is 76.3 Å². The van der Waals surface area contributed by atoms with Gasteiger partial charge < -0.3 is 13.6 Å². The van der Waals surface area contributed by atoms with Crippen LogP contribution in [-0.4, -0.2) is 24.1 Å². The minimum atomic E-state index is 0.554. The van der Waals surface area contributed by atoms with Crippen LogP contribution < -0.4 is 0 Å². The van der Waals surface area contributed by atoms with Crippen LogP contribution in [-0.2, 0) is 0 Å². The van der Waals surface area contributed by atoms with Crippen LogP contribution in [0.3, 0.4) is 0 Å². The average molecular weight is 780 g/mol. The number of para-hydroxylation sites is 4. The van der Waals surface area contributed by atoms with Crippen molar-refractivity contribution in [1.29, 1.82) is 0 Å². The lowest BCUT2D eigenvalue weighted by Crippen LogP contribution is -2.00. The van der Waals surface area contributed by atoms with Gasteiger partial charge in [0.15, 0.2) is 23.1 Å². The molecule has 0 amide bonds. The molecule has 6 heteroatoms. The molecular weight excluding hydrogens is 747 g/mol. The van der Waals surface area contributed by atoms with E-state index in [0.717, 1.165) is 71.8 Å². The number of rotatable bonds is 5. The van der Waals surface area contributed by atoms with Crippen molar-refractivity contribution < 1.29 is 4.42 Å². The second-order valence-corrected chi connectivity index (χ2v) is 15.6. The van der Waals surface area contributed by atoms with Gasteiger partial charge in [0.2, 0.25) is 0 Å². The van der Waals surface area contributed by atoms with E-state index in [-0.39, 0.29) is 0 Å². The predicted molar refractivity (Wildman–Crippen MR) is 250 cm³/mol. The van der Waals surface area contributed by atoms with Crippen molar-refractivity contribution in [2.45, 2.75) is 0 Å². The fourth-order valence-electron chi connectivity index (χ4n) is 9.45. The van der Waals surface area contributed by atoms with Gasteiger partial charge in [-0.1, -0.05) is 152 Å². The number of furan rings is 1. The summed E-state index contributed by atoms with van der Waals surface area (Å²) in [7, 11) is 0. The van der Waals surface area contributed by atoms with Crippen LogP contribution in [0.1, 0.15) is 0 Å². The molecule has 0 saturated heterocycles. The Morgan fingerprint density at radius 3 is 1.51 bits per heavy atom. The van der Waals surface area contributed by atoms with Gasteiger partial charge in [-0.05, 0) is 59.3 Å². The number of nitrogens with zero attached hydrogens (tertiary/aromatic N) is 5. The first-order chi connectivity index (χ1) is 30.3. The molecule has 0 spiro atoms. The lowest BCUT2D eigenvalue weighted by atomic mass is 9.99. The average Bonchev–Trinajstić information content (AvgIpc) is 3.99. The molecule has 0 N–H and O–H groups in total. The van der Waals surface area contributed by atoms with E-state index in [9.17, 15) is 0 Å². The van der Waals surface area contributed by atoms with Gasteiger partial charge in [0.05, 0.1) is 33.3 Å². The molecule has 0 radical (unpaired) electrons. The van der Waals surface area contributed by atoms with E-state index in [1.165, 1.54) is 32.6 Å². The lowest BCUT2D eigenvalue weighted by Gasteiger charge is -2.10. The Balaban J connectivity index is 1.12. The van der Waals surface area contributed by atoms with Crippen LogP contribution in [0.25, 0.3) is 122 Å². The van der Waals surface area contributed by atoms with Gasteiger partial charge in [-0.15, -0.1) is 0 Å². The van der Waals surface area contributed by atoms with E-state index >= 15 is 0 Å². The van der Waals surface area contributed by atoms with Crippen molar-refractivity contribution in [3.63, 3.8) is 0 Å². The predicted octanol–water partition coefficient (Wildman–Crippen LogP) is 14.1. The zero-order valence-electron chi connectivity index (χ0n) is 32.7. The van der Waals surface area contributed by atoms with Gasteiger partial charge >= 0.3 is 0 Å². The van der Waals surface area contributed by atoms with E-state index in [4.69, 9.17) is 19.4 Å². The summed E-state index contributed by atoms with van der Waals surface area (Å²) in [6, 6.07) is 70.2. The number of hydrogen-bond donors (Lipinski definition) is 0. The quantitative estimate of drug-likeness (QED) is 0.175. The van der Waals surface area contributed by atoms with Crippen LogP contribution in [0.15, 0.2) is 205 Å². The molecule has 4 aromatic heterocycles. The summed E-state index contributed by atoms with van der Waals surface area (Å²) in [5, 5.41) is 9.00. The van der Waals surface area contributed by atoms with Crippen molar-refractivity contribution in [2.75, 3.05) is 0 Å². The third kappa shape index (κ3) is 5.06. The summed E-state index contributed by atoms with van der Waals surface area (Å²) in [5.74, 6) is 1.76. The molecule has 284 valence electrons. The standard InChI is InChI=1S/C55H33N5O/c1-4-17-34(18-5-1)53-56-54(35-19-6-2-7-20-35)58-55(57-53)44-31-36-21-10-11-24-38(36)50-41-27-16-30-47(51(41)61-52(44)50)60-46-29-15-13-26-40(46)43-32-48-42(33-49(43)60)39-25-12-14-28-45(39)59(48)37-22-8-3-9-23-37/h1-33H. The second kappa shape index (κ2) is 13.1. The monoisotopic (exact) mass is 779 g/mol. The summed E-state index contributed by atoms with van der Waals surface area (Å²) >= 11 is 0. The van der Waals surface area contributed by atoms with Crippen LogP contribution in [0.4, 0.5) is 0 Å². The highest BCUT2D eigenvalue weighted by molar-refractivity contribution is 6.24. The van der Waals surface area contributed by atoms with E-state index in [0.29, 0.717) is 17.5 Å². The SMILES string of the molecule is c1ccc(-c2nc(-c3ccccc3)nc(-c3cc4ccccc4c4c3oc3c(-n5c6ccccc6c6cc7c(cc65)c5ccccc5n7-c5ccccc5)cccc34)n2)cc1. The molecular formula is C55H33N5O. The van der Waals surface area contributed by atoms with Gasteiger partial charge in [-0.3, -0.25) is 0 Å². The first-order valence-corrected chi connectivity index (χ1v) is 20.5. The molecule has 6 nitrogen and oxygen atoms in total. The van der Waals surface area contributed by atoms with Gasteiger partial charge in [0, 0.05) is 49.1 Å². The molecule has 0 aliphatic rings. The third-order valence-corrected chi connectivity index (χ3v) is 12.1. The molecule has 0 atom stereocenters. The number of hydrogen-bond acceptors (Lipinski definition) is 4. The Morgan fingerprint density at radius 1 is 0.344 bits per heavy atom. The third-order valence-electron chi connectivity index (χ3n) is 12.1. The molecule has 13 aromatic rings. The highest BCUT2D eigenvalue weighted by atomic mass is 16.3. The normalized spacial score (nSPS) is 11.9. The molecule has 13 rings (SSSR count). The van der Waals surface area contributed by atoms with Gasteiger partial charge in [-0.2, -0.15) is 0 Å². The van der Waals surface area contributed by atoms with Gasteiger partial charge in [0.25, 0.3) is 0 Å². The van der Waals surface area contributed by atoms with Crippen LogP contribution in [0.5, 0.6) is 0 Å². The summed E-state index contributed by atoms with van der Waals surface area (Å²) in [6.45, 7) is 0. The number of fused-ring (bicyclic) bond motifs is 11. The van der Waals surface area contributed by atoms with Crippen molar-refractivity contribution in [3.05, 3.63) is 200 Å². The number of benzene rings is 9. The first-order valence-electron chi connectivity index (χ1n) is 20.5. The minimum Gasteiger partial charge on any atom is -0.453 e. The summed E-state index contributed by atoms with van der Waals surface area (Å²) in [6.07, 6.45) is 0. The topological polar surface area (TPSA) is 61.7 Å². The Hall–Kier alpha value is -8.35. The zero-order chi connectivity index (χ0) is 40.0. The Kier molecular flexibility index (Phi) is 7.21.